The Morgan fingerprint density at radius 3 is 2.69 bits per heavy atom. The minimum atomic E-state index is 0.663. The first-order valence-electron chi connectivity index (χ1n) is 3.91. The van der Waals surface area contributed by atoms with Gasteiger partial charge in [0.2, 0.25) is 0 Å². The van der Waals surface area contributed by atoms with Gasteiger partial charge in [-0.05, 0) is 13.8 Å². The molecule has 1 N–H and O–H groups in total. The topological polar surface area (TPSA) is 67.3 Å². The summed E-state index contributed by atoms with van der Waals surface area (Å²) in [6, 6.07) is 0. The summed E-state index contributed by atoms with van der Waals surface area (Å²) in [6.45, 7) is 3.81. The van der Waals surface area contributed by atoms with Gasteiger partial charge in [-0.25, -0.2) is 4.98 Å². The third kappa shape index (κ3) is 1.89. The van der Waals surface area contributed by atoms with E-state index in [0.29, 0.717) is 6.42 Å². The van der Waals surface area contributed by atoms with Crippen molar-refractivity contribution in [3.05, 3.63) is 21.7 Å². The lowest BCUT2D eigenvalue weighted by Gasteiger charge is -1.85. The van der Waals surface area contributed by atoms with E-state index < -0.39 is 0 Å². The molecule has 2 heterocycles. The third-order valence-corrected chi connectivity index (χ3v) is 2.36. The van der Waals surface area contributed by atoms with E-state index in [-0.39, 0.29) is 0 Å². The molecule has 0 amide bonds. The molecule has 0 spiro atoms. The summed E-state index contributed by atoms with van der Waals surface area (Å²) < 4.78 is 0. The smallest absolute Gasteiger partial charge is 0.157 e. The standard InChI is InChI=1S/C7H9N5S/c1-4-8-6(11-9-4)3-7-12-10-5(2)13-7/h3H2,1-2H3,(H,8,9,11). The Bertz CT molecular complexity index is 366. The molecule has 0 bridgehead atoms. The lowest BCUT2D eigenvalue weighted by molar-refractivity contribution is 0.923. The lowest BCUT2D eigenvalue weighted by Crippen LogP contribution is -1.90. The SMILES string of the molecule is Cc1nc(Cc2nnc(C)s2)n[nH]1. The van der Waals surface area contributed by atoms with Crippen LogP contribution in [-0.4, -0.2) is 25.4 Å². The van der Waals surface area contributed by atoms with Gasteiger partial charge < -0.3 is 0 Å². The molecule has 2 rings (SSSR count). The van der Waals surface area contributed by atoms with Crippen LogP contribution in [0.4, 0.5) is 0 Å². The van der Waals surface area contributed by atoms with Crippen molar-refractivity contribution in [3.63, 3.8) is 0 Å². The second-order valence-electron chi connectivity index (χ2n) is 2.73. The summed E-state index contributed by atoms with van der Waals surface area (Å²) in [5, 5.41) is 16.7. The van der Waals surface area contributed by atoms with Gasteiger partial charge in [-0.2, -0.15) is 5.10 Å². The maximum absolute atomic E-state index is 4.19. The van der Waals surface area contributed by atoms with Crippen molar-refractivity contribution >= 4 is 11.3 Å². The third-order valence-electron chi connectivity index (χ3n) is 1.52. The highest BCUT2D eigenvalue weighted by molar-refractivity contribution is 7.11. The fourth-order valence-electron chi connectivity index (χ4n) is 1.01. The van der Waals surface area contributed by atoms with Gasteiger partial charge in [0.15, 0.2) is 5.82 Å². The van der Waals surface area contributed by atoms with Gasteiger partial charge in [0.25, 0.3) is 0 Å². The van der Waals surface area contributed by atoms with Crippen LogP contribution in [0.25, 0.3) is 0 Å². The van der Waals surface area contributed by atoms with Crippen molar-refractivity contribution in [2.75, 3.05) is 0 Å². The molecule has 0 atom stereocenters. The molecule has 68 valence electrons. The molecule has 5 nitrogen and oxygen atoms in total. The number of aromatic nitrogens is 5. The Labute approximate surface area is 79.2 Å². The zero-order chi connectivity index (χ0) is 9.26. The second kappa shape index (κ2) is 3.21. The predicted molar refractivity (Wildman–Crippen MR) is 48.6 cm³/mol. The molecule has 0 aliphatic heterocycles. The molecule has 13 heavy (non-hydrogen) atoms. The number of rotatable bonds is 2. The quantitative estimate of drug-likeness (QED) is 0.771. The first-order chi connectivity index (χ1) is 6.24. The van der Waals surface area contributed by atoms with Crippen molar-refractivity contribution in [3.8, 4) is 0 Å². The lowest BCUT2D eigenvalue weighted by atomic mass is 10.4. The summed E-state index contributed by atoms with van der Waals surface area (Å²) in [5.74, 6) is 1.60. The Balaban J connectivity index is 2.14. The van der Waals surface area contributed by atoms with E-state index in [9.17, 15) is 0 Å². The minimum absolute atomic E-state index is 0.663. The van der Waals surface area contributed by atoms with Crippen LogP contribution in [0.5, 0.6) is 0 Å². The molecule has 0 fully saturated rings. The zero-order valence-electron chi connectivity index (χ0n) is 7.40. The summed E-state index contributed by atoms with van der Waals surface area (Å²) in [4.78, 5) is 4.19. The zero-order valence-corrected chi connectivity index (χ0v) is 8.22. The largest absolute Gasteiger partial charge is 0.263 e. The summed E-state index contributed by atoms with van der Waals surface area (Å²) in [6.07, 6.45) is 0.663. The molecule has 0 aliphatic rings. The van der Waals surface area contributed by atoms with Gasteiger partial charge in [-0.15, -0.1) is 21.5 Å². The van der Waals surface area contributed by atoms with Gasteiger partial charge >= 0.3 is 0 Å². The van der Waals surface area contributed by atoms with Crippen LogP contribution in [0.3, 0.4) is 0 Å². The van der Waals surface area contributed by atoms with Crippen molar-refractivity contribution in [2.24, 2.45) is 0 Å². The monoisotopic (exact) mass is 195 g/mol. The molecule has 0 radical (unpaired) electrons. The van der Waals surface area contributed by atoms with Crippen LogP contribution in [0, 0.1) is 13.8 Å². The molecule has 0 saturated carbocycles. The van der Waals surface area contributed by atoms with E-state index in [2.05, 4.69) is 25.4 Å². The molecule has 0 saturated heterocycles. The molecule has 6 heteroatoms. The van der Waals surface area contributed by atoms with Crippen LogP contribution in [0.1, 0.15) is 21.7 Å². The highest BCUT2D eigenvalue weighted by atomic mass is 32.1. The van der Waals surface area contributed by atoms with E-state index in [1.807, 2.05) is 13.8 Å². The molecule has 0 aromatic carbocycles. The second-order valence-corrected chi connectivity index (χ2v) is 3.99. The van der Waals surface area contributed by atoms with E-state index in [1.165, 1.54) is 0 Å². The number of nitrogens with one attached hydrogen (secondary N) is 1. The van der Waals surface area contributed by atoms with Crippen LogP contribution in [0.2, 0.25) is 0 Å². The number of nitrogens with zero attached hydrogens (tertiary/aromatic N) is 4. The Kier molecular flexibility index (Phi) is 2.05. The van der Waals surface area contributed by atoms with Crippen LogP contribution >= 0.6 is 11.3 Å². The fraction of sp³-hybridized carbons (Fsp3) is 0.429. The first-order valence-corrected chi connectivity index (χ1v) is 4.72. The number of hydrogen-bond donors (Lipinski definition) is 1. The summed E-state index contributed by atoms with van der Waals surface area (Å²) >= 11 is 1.58. The number of H-pyrrole nitrogens is 1. The van der Waals surface area contributed by atoms with Crippen LogP contribution < -0.4 is 0 Å². The van der Waals surface area contributed by atoms with Crippen molar-refractivity contribution in [2.45, 2.75) is 20.3 Å². The normalized spacial score (nSPS) is 10.6. The molecule has 0 aliphatic carbocycles. The van der Waals surface area contributed by atoms with Gasteiger partial charge in [-0.3, -0.25) is 5.10 Å². The first kappa shape index (κ1) is 8.31. The highest BCUT2D eigenvalue weighted by Gasteiger charge is 2.05. The Morgan fingerprint density at radius 2 is 2.15 bits per heavy atom. The maximum atomic E-state index is 4.19. The predicted octanol–water partition coefficient (Wildman–Crippen LogP) is 0.864. The molecule has 2 aromatic heterocycles. The van der Waals surface area contributed by atoms with Crippen LogP contribution in [0.15, 0.2) is 0 Å². The fourth-order valence-corrected chi connectivity index (χ4v) is 1.72. The number of aryl methyl sites for hydroxylation is 2. The molecule has 2 aromatic rings. The highest BCUT2D eigenvalue weighted by Crippen LogP contribution is 2.10. The van der Waals surface area contributed by atoms with Crippen molar-refractivity contribution in [1.29, 1.82) is 0 Å². The van der Waals surface area contributed by atoms with E-state index in [4.69, 9.17) is 0 Å². The Morgan fingerprint density at radius 1 is 1.31 bits per heavy atom. The average molecular weight is 195 g/mol. The summed E-state index contributed by atoms with van der Waals surface area (Å²) in [5.41, 5.74) is 0. The van der Waals surface area contributed by atoms with Crippen LogP contribution in [-0.2, 0) is 6.42 Å². The molecule has 0 unspecified atom stereocenters. The van der Waals surface area contributed by atoms with E-state index in [1.54, 1.807) is 11.3 Å². The number of aromatic amines is 1. The average Bonchev–Trinajstić information content (AvgIpc) is 2.62. The molecular formula is C7H9N5S. The van der Waals surface area contributed by atoms with Gasteiger partial charge in [-0.1, -0.05) is 0 Å². The van der Waals surface area contributed by atoms with Gasteiger partial charge in [0.1, 0.15) is 15.8 Å². The molecular weight excluding hydrogens is 186 g/mol. The summed E-state index contributed by atoms with van der Waals surface area (Å²) in [7, 11) is 0. The number of hydrogen-bond acceptors (Lipinski definition) is 5. The van der Waals surface area contributed by atoms with E-state index in [0.717, 1.165) is 21.7 Å². The van der Waals surface area contributed by atoms with Gasteiger partial charge in [0, 0.05) is 0 Å². The van der Waals surface area contributed by atoms with Crippen molar-refractivity contribution < 1.29 is 0 Å². The van der Waals surface area contributed by atoms with Gasteiger partial charge in [0.05, 0.1) is 6.42 Å². The van der Waals surface area contributed by atoms with Crippen molar-refractivity contribution in [1.82, 2.24) is 25.4 Å². The maximum Gasteiger partial charge on any atom is 0.157 e. The Hall–Kier alpha value is -1.30. The van der Waals surface area contributed by atoms with E-state index >= 15 is 0 Å². The minimum Gasteiger partial charge on any atom is -0.263 e.